The number of hydrogen-bond acceptors (Lipinski definition) is 7. The van der Waals surface area contributed by atoms with E-state index in [0.717, 1.165) is 0 Å². The minimum Gasteiger partial charge on any atom is -0.870 e. The molecule has 13 heteroatoms. The molecule has 10 N–H and O–H groups in total. The second-order valence-electron chi connectivity index (χ2n) is 0.447. The van der Waals surface area contributed by atoms with Gasteiger partial charge in [0, 0.05) is 0 Å². The summed E-state index contributed by atoms with van der Waals surface area (Å²) in [6, 6.07) is 0. The molecule has 13 heavy (non-hydrogen) atoms. The predicted octanol–water partition coefficient (Wildman–Crippen LogP) is -3.31. The molecule has 0 aliphatic carbocycles. The molecule has 80 valence electrons. The Morgan fingerprint density at radius 3 is 0.769 bits per heavy atom. The van der Waals surface area contributed by atoms with Crippen molar-refractivity contribution in [1.29, 1.82) is 0 Å². The van der Waals surface area contributed by atoms with Crippen molar-refractivity contribution >= 4 is 0 Å². The molecule has 0 amide bonds. The van der Waals surface area contributed by atoms with Crippen molar-refractivity contribution in [3.63, 3.8) is 0 Å². The fourth-order valence-corrected chi connectivity index (χ4v) is 0. The van der Waals surface area contributed by atoms with E-state index in [4.69, 9.17) is 30.6 Å². The third-order valence-electron chi connectivity index (χ3n) is 0. The quantitative estimate of drug-likeness (QED) is 0.185. The summed E-state index contributed by atoms with van der Waals surface area (Å²) in [5.74, 6) is 0. The molecular weight excluding hydrogens is 253 g/mol. The van der Waals surface area contributed by atoms with Crippen LogP contribution in [0.25, 0.3) is 0 Å². The molecule has 0 aromatic carbocycles. The van der Waals surface area contributed by atoms with E-state index in [-0.39, 0.29) is 42.8 Å². The minimum atomic E-state index is -1.75. The summed E-state index contributed by atoms with van der Waals surface area (Å²) in [5.41, 5.74) is 0. The first-order valence-corrected chi connectivity index (χ1v) is 1.10. The molecule has 0 bridgehead atoms. The SMILES string of the molecule is O=[N+]([O-])[O-].O=[N+]([O-])[O-].[H+].[OH-].[OH3+].[OH3+].[OH3+].[Zn+2]. The molecule has 0 unspecified atom stereocenters. The maximum Gasteiger partial charge on any atom is 2.00 e. The van der Waals surface area contributed by atoms with Gasteiger partial charge in [-0.2, -0.15) is 0 Å². The second kappa shape index (κ2) is 44.7. The number of hydrogen-bond donors (Lipinski definition) is 0. The van der Waals surface area contributed by atoms with Crippen LogP contribution in [0.15, 0.2) is 0 Å². The molecule has 0 rings (SSSR count). The Morgan fingerprint density at radius 2 is 0.769 bits per heavy atom. The van der Waals surface area contributed by atoms with Crippen LogP contribution in [0.2, 0.25) is 0 Å². The van der Waals surface area contributed by atoms with E-state index in [0.29, 0.717) is 0 Å². The third kappa shape index (κ3) is 661. The van der Waals surface area contributed by atoms with Gasteiger partial charge in [0.05, 0.1) is 10.2 Å². The van der Waals surface area contributed by atoms with Crippen LogP contribution in [-0.2, 0) is 35.9 Å². The van der Waals surface area contributed by atoms with Crippen molar-refractivity contribution in [1.82, 2.24) is 0 Å². The van der Waals surface area contributed by atoms with E-state index in [1.54, 1.807) is 0 Å². The first kappa shape index (κ1) is 59.2. The van der Waals surface area contributed by atoms with E-state index >= 15 is 0 Å². The van der Waals surface area contributed by atoms with Crippen LogP contribution in [0.5, 0.6) is 0 Å². The van der Waals surface area contributed by atoms with E-state index < -0.39 is 10.2 Å². The van der Waals surface area contributed by atoms with Crippen molar-refractivity contribution in [2.24, 2.45) is 0 Å². The topological polar surface area (TPSA) is 261 Å². The molecule has 0 aromatic rings. The first-order valence-electron chi connectivity index (χ1n) is 1.10. The Bertz CT molecular complexity index is 76.1. The van der Waals surface area contributed by atoms with Crippen LogP contribution < -0.4 is 0 Å². The van der Waals surface area contributed by atoms with Gasteiger partial charge in [0.25, 0.3) is 0 Å². The predicted molar refractivity (Wildman–Crippen MR) is 38.4 cm³/mol. The van der Waals surface area contributed by atoms with Crippen molar-refractivity contribution in [2.75, 3.05) is 0 Å². The summed E-state index contributed by atoms with van der Waals surface area (Å²) in [6.07, 6.45) is 0. The zero-order valence-electron chi connectivity index (χ0n) is 7.23. The molecule has 0 radical (unpaired) electrons. The van der Waals surface area contributed by atoms with Gasteiger partial charge in [-0.3, -0.25) is 0 Å². The Morgan fingerprint density at radius 1 is 0.769 bits per heavy atom. The van der Waals surface area contributed by atoms with Gasteiger partial charge in [0.15, 0.2) is 0 Å². The molecule has 12 nitrogen and oxygen atoms in total. The Labute approximate surface area is 84.5 Å². The average molecular weight is 264 g/mol. The first-order chi connectivity index (χ1) is 3.46. The maximum absolute atomic E-state index is 8.25. The molecular formula is H11N2O10Zn+3. The Kier molecular flexibility index (Phi) is 203. The van der Waals surface area contributed by atoms with Crippen LogP contribution >= 0.6 is 0 Å². The van der Waals surface area contributed by atoms with Gasteiger partial charge in [-0.1, -0.05) is 0 Å². The number of nitrogens with zero attached hydrogens (tertiary/aromatic N) is 2. The summed E-state index contributed by atoms with van der Waals surface area (Å²) in [6.45, 7) is 0. The van der Waals surface area contributed by atoms with Crippen LogP contribution in [-0.4, -0.2) is 15.6 Å². The smallest absolute Gasteiger partial charge is 0.870 e. The van der Waals surface area contributed by atoms with E-state index in [1.165, 1.54) is 0 Å². The van der Waals surface area contributed by atoms with E-state index in [1.807, 2.05) is 0 Å². The molecule has 0 atom stereocenters. The third-order valence-corrected chi connectivity index (χ3v) is 0. The summed E-state index contributed by atoms with van der Waals surface area (Å²) < 4.78 is 0. The maximum atomic E-state index is 8.25. The molecule has 0 aliphatic rings. The second-order valence-corrected chi connectivity index (χ2v) is 0.447. The van der Waals surface area contributed by atoms with Crippen molar-refractivity contribution in [3.8, 4) is 0 Å². The minimum absolute atomic E-state index is 0. The molecule has 0 heterocycles. The van der Waals surface area contributed by atoms with Gasteiger partial charge in [0.1, 0.15) is 0 Å². The summed E-state index contributed by atoms with van der Waals surface area (Å²) >= 11 is 0. The fourth-order valence-electron chi connectivity index (χ4n) is 0. The van der Waals surface area contributed by atoms with Gasteiger partial charge in [-0.05, 0) is 0 Å². The summed E-state index contributed by atoms with van der Waals surface area (Å²) in [7, 11) is 0. The van der Waals surface area contributed by atoms with Crippen LogP contribution in [0, 0.1) is 30.6 Å². The standard InChI is InChI=1S/2NO3.4H2O.Zn/c2*2-1(3)4;;;;;/h;;4*1H2;/q2*-1;;;;;+2/p+3. The van der Waals surface area contributed by atoms with E-state index in [2.05, 4.69) is 0 Å². The van der Waals surface area contributed by atoms with E-state index in [9.17, 15) is 0 Å². The van der Waals surface area contributed by atoms with Crippen LogP contribution in [0.1, 0.15) is 1.43 Å². The Hall–Kier alpha value is -1.14. The normalized spacial score (nSPS) is 3.69. The van der Waals surface area contributed by atoms with Gasteiger partial charge in [-0.25, -0.2) is 0 Å². The molecule has 0 aliphatic heterocycles. The molecule has 0 saturated carbocycles. The van der Waals surface area contributed by atoms with Gasteiger partial charge in [-0.15, -0.1) is 0 Å². The monoisotopic (exact) mass is 263 g/mol. The number of rotatable bonds is 0. The van der Waals surface area contributed by atoms with Gasteiger partial charge >= 0.3 is 20.9 Å². The zero-order chi connectivity index (χ0) is 7.15. The fraction of sp³-hybridized carbons (Fsp3) is 0. The summed E-state index contributed by atoms with van der Waals surface area (Å²) in [5, 5.41) is 29.5. The van der Waals surface area contributed by atoms with Gasteiger partial charge in [0.2, 0.25) is 0 Å². The van der Waals surface area contributed by atoms with Crippen LogP contribution in [0.4, 0.5) is 0 Å². The molecule has 0 fully saturated rings. The molecule has 0 spiro atoms. The summed E-state index contributed by atoms with van der Waals surface area (Å²) in [4.78, 5) is 16.5. The average Bonchev–Trinajstić information content (AvgIpc) is 1.25. The van der Waals surface area contributed by atoms with Crippen molar-refractivity contribution in [3.05, 3.63) is 30.6 Å². The zero-order valence-corrected chi connectivity index (χ0v) is 9.20. The van der Waals surface area contributed by atoms with Gasteiger partial charge < -0.3 is 52.5 Å². The molecule has 0 saturated heterocycles. The van der Waals surface area contributed by atoms with Crippen LogP contribution in [0.3, 0.4) is 0 Å². The van der Waals surface area contributed by atoms with Crippen molar-refractivity contribution in [2.45, 2.75) is 0 Å². The van der Waals surface area contributed by atoms with Crippen molar-refractivity contribution < 1.29 is 53.0 Å². The Balaban J connectivity index is -0.00000000600. The largest absolute Gasteiger partial charge is 2.00 e. The molecule has 0 aromatic heterocycles.